The largest absolute Gasteiger partial charge is 0.494 e. The standard InChI is InChI=1S/C24H24N4O3S3/c1-4-15-7-6-8-16(13-15)25-19(29)14-33-23-26-21-20(22(30)27(23)3)34-24(32)28(21)17-9-11-18(12-10-17)31-5-2/h6-13H,4-5,14H2,1-3H3,(H,25,29). The van der Waals surface area contributed by atoms with Gasteiger partial charge in [0.25, 0.3) is 5.56 Å². The number of hydrogen-bond acceptors (Lipinski definition) is 7. The summed E-state index contributed by atoms with van der Waals surface area (Å²) in [6.07, 6.45) is 0.893. The Morgan fingerprint density at radius 3 is 2.68 bits per heavy atom. The molecule has 0 aliphatic carbocycles. The molecule has 176 valence electrons. The van der Waals surface area contributed by atoms with Gasteiger partial charge in [-0.2, -0.15) is 0 Å². The van der Waals surface area contributed by atoms with Crippen molar-refractivity contribution >= 4 is 57.3 Å². The number of hydrogen-bond donors (Lipinski definition) is 1. The minimum atomic E-state index is -0.190. The molecular weight excluding hydrogens is 488 g/mol. The Bertz CT molecular complexity index is 1460. The summed E-state index contributed by atoms with van der Waals surface area (Å²) in [6.45, 7) is 4.57. The minimum absolute atomic E-state index is 0.121. The molecule has 0 fully saturated rings. The Balaban J connectivity index is 1.61. The molecule has 2 aromatic heterocycles. The Kier molecular flexibility index (Phi) is 7.50. The van der Waals surface area contributed by atoms with Crippen LogP contribution in [0.5, 0.6) is 5.75 Å². The van der Waals surface area contributed by atoms with Gasteiger partial charge in [0.05, 0.1) is 12.4 Å². The topological polar surface area (TPSA) is 78.1 Å². The third-order valence-corrected chi connectivity index (χ3v) is 7.51. The molecule has 0 spiro atoms. The smallest absolute Gasteiger partial charge is 0.273 e. The number of amides is 1. The van der Waals surface area contributed by atoms with Gasteiger partial charge in [0.1, 0.15) is 10.4 Å². The fourth-order valence-electron chi connectivity index (χ4n) is 3.42. The van der Waals surface area contributed by atoms with E-state index in [-0.39, 0.29) is 17.2 Å². The molecule has 4 rings (SSSR count). The first-order chi connectivity index (χ1) is 16.4. The Labute approximate surface area is 210 Å². The SMILES string of the molecule is CCOc1ccc(-n2c(=S)sc3c(=O)n(C)c(SCC(=O)Nc4cccc(CC)c4)nc32)cc1. The third kappa shape index (κ3) is 5.08. The van der Waals surface area contributed by atoms with Gasteiger partial charge in [-0.3, -0.25) is 18.7 Å². The van der Waals surface area contributed by atoms with E-state index in [2.05, 4.69) is 12.2 Å². The molecule has 10 heteroatoms. The van der Waals surface area contributed by atoms with Crippen LogP contribution in [-0.4, -0.2) is 32.4 Å². The van der Waals surface area contributed by atoms with Crippen LogP contribution >= 0.6 is 35.3 Å². The number of thiazole rings is 1. The van der Waals surface area contributed by atoms with Crippen molar-refractivity contribution in [1.29, 1.82) is 0 Å². The summed E-state index contributed by atoms with van der Waals surface area (Å²) in [4.78, 5) is 30.3. The van der Waals surface area contributed by atoms with Crippen LogP contribution in [0.4, 0.5) is 5.69 Å². The van der Waals surface area contributed by atoms with Crippen molar-refractivity contribution in [3.05, 3.63) is 68.4 Å². The van der Waals surface area contributed by atoms with Crippen LogP contribution in [0.25, 0.3) is 16.0 Å². The number of rotatable bonds is 8. The zero-order valence-corrected chi connectivity index (χ0v) is 21.5. The molecule has 0 bridgehead atoms. The first-order valence-electron chi connectivity index (χ1n) is 10.8. The molecule has 0 saturated carbocycles. The number of anilines is 1. The molecule has 34 heavy (non-hydrogen) atoms. The number of aromatic nitrogens is 3. The van der Waals surface area contributed by atoms with Crippen LogP contribution < -0.4 is 15.6 Å². The van der Waals surface area contributed by atoms with Crippen LogP contribution in [0, 0.1) is 3.95 Å². The van der Waals surface area contributed by atoms with Crippen LogP contribution in [0.2, 0.25) is 0 Å². The maximum absolute atomic E-state index is 13.0. The quantitative estimate of drug-likeness (QED) is 0.198. The Morgan fingerprint density at radius 1 is 1.21 bits per heavy atom. The maximum Gasteiger partial charge on any atom is 0.273 e. The van der Waals surface area contributed by atoms with Gasteiger partial charge in [-0.05, 0) is 67.5 Å². The third-order valence-electron chi connectivity index (χ3n) is 5.13. The lowest BCUT2D eigenvalue weighted by Crippen LogP contribution is -2.21. The predicted octanol–water partition coefficient (Wildman–Crippen LogP) is 5.21. The molecule has 0 aliphatic rings. The number of fused-ring (bicyclic) bond motifs is 1. The predicted molar refractivity (Wildman–Crippen MR) is 141 cm³/mol. The summed E-state index contributed by atoms with van der Waals surface area (Å²) in [5, 5.41) is 3.36. The number of benzene rings is 2. The van der Waals surface area contributed by atoms with Gasteiger partial charge in [-0.1, -0.05) is 42.2 Å². The van der Waals surface area contributed by atoms with Gasteiger partial charge in [0.2, 0.25) is 5.91 Å². The summed E-state index contributed by atoms with van der Waals surface area (Å²) in [5.74, 6) is 0.713. The van der Waals surface area contributed by atoms with E-state index in [1.165, 1.54) is 27.7 Å². The number of ether oxygens (including phenoxy) is 1. The molecule has 1 N–H and O–H groups in total. The van der Waals surface area contributed by atoms with Crippen molar-refractivity contribution in [1.82, 2.24) is 14.1 Å². The second-order valence-corrected chi connectivity index (χ2v) is 10.0. The lowest BCUT2D eigenvalue weighted by Gasteiger charge is -2.10. The fourth-order valence-corrected chi connectivity index (χ4v) is 5.53. The summed E-state index contributed by atoms with van der Waals surface area (Å²) < 4.78 is 9.77. The molecule has 4 aromatic rings. The van der Waals surface area contributed by atoms with Gasteiger partial charge < -0.3 is 10.1 Å². The molecule has 2 heterocycles. The molecule has 0 aliphatic heterocycles. The molecular formula is C24H24N4O3S3. The van der Waals surface area contributed by atoms with E-state index < -0.39 is 0 Å². The molecule has 2 aromatic carbocycles. The molecule has 0 unspecified atom stereocenters. The van der Waals surface area contributed by atoms with E-state index in [0.717, 1.165) is 29.1 Å². The van der Waals surface area contributed by atoms with Crippen LogP contribution in [-0.2, 0) is 18.3 Å². The molecule has 1 amide bonds. The Hall–Kier alpha value is -2.95. The van der Waals surface area contributed by atoms with Gasteiger partial charge in [0.15, 0.2) is 14.8 Å². The van der Waals surface area contributed by atoms with E-state index in [1.807, 2.05) is 55.5 Å². The number of carbonyl (C=O) groups is 1. The second kappa shape index (κ2) is 10.5. The van der Waals surface area contributed by atoms with Gasteiger partial charge in [0, 0.05) is 18.4 Å². The average molecular weight is 513 g/mol. The minimum Gasteiger partial charge on any atom is -0.494 e. The number of nitrogens with zero attached hydrogens (tertiary/aromatic N) is 3. The van der Waals surface area contributed by atoms with Crippen molar-refractivity contribution in [2.45, 2.75) is 25.4 Å². The van der Waals surface area contributed by atoms with Gasteiger partial charge in [-0.15, -0.1) is 0 Å². The molecule has 0 atom stereocenters. The monoisotopic (exact) mass is 512 g/mol. The number of nitrogens with one attached hydrogen (secondary N) is 1. The second-order valence-electron chi connectivity index (χ2n) is 7.43. The van der Waals surface area contributed by atoms with Crippen LogP contribution in [0.15, 0.2) is 58.5 Å². The van der Waals surface area contributed by atoms with Crippen molar-refractivity contribution < 1.29 is 9.53 Å². The normalized spacial score (nSPS) is 11.0. The maximum atomic E-state index is 13.0. The summed E-state index contributed by atoms with van der Waals surface area (Å²) in [5.41, 5.74) is 3.00. The van der Waals surface area contributed by atoms with E-state index in [0.29, 0.717) is 26.1 Å². The first kappa shape index (κ1) is 24.2. The summed E-state index contributed by atoms with van der Waals surface area (Å²) >= 11 is 8.00. The van der Waals surface area contributed by atoms with Crippen molar-refractivity contribution in [3.63, 3.8) is 0 Å². The molecule has 7 nitrogen and oxygen atoms in total. The van der Waals surface area contributed by atoms with Crippen LogP contribution in [0.3, 0.4) is 0 Å². The van der Waals surface area contributed by atoms with Crippen molar-refractivity contribution in [3.8, 4) is 11.4 Å². The van der Waals surface area contributed by atoms with E-state index in [1.54, 1.807) is 11.6 Å². The highest BCUT2D eigenvalue weighted by Gasteiger charge is 2.17. The van der Waals surface area contributed by atoms with Gasteiger partial charge >= 0.3 is 0 Å². The highest BCUT2D eigenvalue weighted by molar-refractivity contribution is 7.99. The average Bonchev–Trinajstić information content (AvgIpc) is 3.17. The zero-order chi connectivity index (χ0) is 24.2. The van der Waals surface area contributed by atoms with Crippen molar-refractivity contribution in [2.75, 3.05) is 17.7 Å². The zero-order valence-electron chi connectivity index (χ0n) is 19.0. The number of carbonyl (C=O) groups excluding carboxylic acids is 1. The molecule has 0 radical (unpaired) electrons. The molecule has 0 saturated heterocycles. The first-order valence-corrected chi connectivity index (χ1v) is 13.0. The van der Waals surface area contributed by atoms with E-state index in [9.17, 15) is 9.59 Å². The highest BCUT2D eigenvalue weighted by Crippen LogP contribution is 2.26. The summed E-state index contributed by atoms with van der Waals surface area (Å²) in [7, 11) is 1.66. The summed E-state index contributed by atoms with van der Waals surface area (Å²) in [6, 6.07) is 15.2. The van der Waals surface area contributed by atoms with E-state index >= 15 is 0 Å². The number of aryl methyl sites for hydroxylation is 1. The number of thioether (sulfide) groups is 1. The lowest BCUT2D eigenvalue weighted by atomic mass is 10.1. The Morgan fingerprint density at radius 2 is 1.97 bits per heavy atom. The highest BCUT2D eigenvalue weighted by atomic mass is 32.2. The fraction of sp³-hybridized carbons (Fsp3) is 0.250. The van der Waals surface area contributed by atoms with Crippen LogP contribution in [0.1, 0.15) is 19.4 Å². The van der Waals surface area contributed by atoms with E-state index in [4.69, 9.17) is 21.9 Å². The van der Waals surface area contributed by atoms with Gasteiger partial charge in [-0.25, -0.2) is 4.98 Å². The lowest BCUT2D eigenvalue weighted by molar-refractivity contribution is -0.113. The van der Waals surface area contributed by atoms with Crippen molar-refractivity contribution in [2.24, 2.45) is 7.05 Å².